The van der Waals surface area contributed by atoms with Crippen LogP contribution in [0.1, 0.15) is 32.3 Å². The number of benzene rings is 1. The van der Waals surface area contributed by atoms with Gasteiger partial charge in [-0.05, 0) is 25.3 Å². The lowest BCUT2D eigenvalue weighted by Gasteiger charge is -2.18. The average molecular weight is 284 g/mol. The summed E-state index contributed by atoms with van der Waals surface area (Å²) in [6.07, 6.45) is 1.23. The number of rotatable bonds is 7. The molecule has 5 heteroatoms. The van der Waals surface area contributed by atoms with Crippen LogP contribution in [0.4, 0.5) is 0 Å². The molecule has 0 aromatic heterocycles. The Morgan fingerprint density at radius 1 is 1.26 bits per heavy atom. The fraction of sp³-hybridized carbons (Fsp3) is 0.500. The van der Waals surface area contributed by atoms with E-state index in [9.17, 15) is 18.3 Å². The minimum Gasteiger partial charge on any atom is -0.480 e. The van der Waals surface area contributed by atoms with Crippen LogP contribution in [0.5, 0.6) is 0 Å². The highest BCUT2D eigenvalue weighted by atomic mass is 32.2. The van der Waals surface area contributed by atoms with Gasteiger partial charge < -0.3 is 5.11 Å². The number of hydrogen-bond donors (Lipinski definition) is 1. The topological polar surface area (TPSA) is 71.4 Å². The fourth-order valence-corrected chi connectivity index (χ4v) is 3.85. The molecule has 106 valence electrons. The van der Waals surface area contributed by atoms with Crippen LogP contribution in [0.2, 0.25) is 0 Å². The molecule has 0 amide bonds. The first-order valence-electron chi connectivity index (χ1n) is 6.39. The zero-order chi connectivity index (χ0) is 14.5. The maximum atomic E-state index is 12.3. The predicted octanol–water partition coefficient (Wildman–Crippen LogP) is 2.29. The lowest BCUT2D eigenvalue weighted by atomic mass is 10.1. The van der Waals surface area contributed by atoms with Crippen LogP contribution in [0.25, 0.3) is 0 Å². The van der Waals surface area contributed by atoms with Crippen molar-refractivity contribution in [3.05, 3.63) is 35.9 Å². The van der Waals surface area contributed by atoms with Crippen LogP contribution >= 0.6 is 0 Å². The SMILES string of the molecule is CCCC(C)S(=O)(=O)C(Cc1ccccc1)C(=O)O. The highest BCUT2D eigenvalue weighted by Gasteiger charge is 2.36. The molecule has 0 saturated heterocycles. The molecular formula is C14H20O4S. The molecule has 4 nitrogen and oxygen atoms in total. The van der Waals surface area contributed by atoms with Gasteiger partial charge in [-0.3, -0.25) is 4.79 Å². The molecule has 0 bridgehead atoms. The maximum Gasteiger partial charge on any atom is 0.322 e. The van der Waals surface area contributed by atoms with E-state index in [0.717, 1.165) is 12.0 Å². The Morgan fingerprint density at radius 2 is 1.84 bits per heavy atom. The number of carboxylic acids is 1. The van der Waals surface area contributed by atoms with Crippen molar-refractivity contribution in [2.75, 3.05) is 0 Å². The van der Waals surface area contributed by atoms with Crippen LogP contribution in [0.15, 0.2) is 30.3 Å². The van der Waals surface area contributed by atoms with Gasteiger partial charge in [0.25, 0.3) is 0 Å². The Balaban J connectivity index is 2.98. The van der Waals surface area contributed by atoms with Crippen molar-refractivity contribution >= 4 is 15.8 Å². The summed E-state index contributed by atoms with van der Waals surface area (Å²) in [5, 5.41) is 7.22. The van der Waals surface area contributed by atoms with E-state index in [-0.39, 0.29) is 6.42 Å². The van der Waals surface area contributed by atoms with Crippen molar-refractivity contribution < 1.29 is 18.3 Å². The average Bonchev–Trinajstić information content (AvgIpc) is 2.37. The summed E-state index contributed by atoms with van der Waals surface area (Å²) in [5.74, 6) is -1.27. The molecule has 1 rings (SSSR count). The molecule has 0 spiro atoms. The third kappa shape index (κ3) is 4.06. The van der Waals surface area contributed by atoms with Crippen LogP contribution in [-0.4, -0.2) is 30.0 Å². The van der Waals surface area contributed by atoms with E-state index in [4.69, 9.17) is 0 Å². The lowest BCUT2D eigenvalue weighted by molar-refractivity contribution is -0.136. The largest absolute Gasteiger partial charge is 0.480 e. The van der Waals surface area contributed by atoms with E-state index in [2.05, 4.69) is 0 Å². The first kappa shape index (κ1) is 15.7. The van der Waals surface area contributed by atoms with Crippen molar-refractivity contribution in [3.8, 4) is 0 Å². The summed E-state index contributed by atoms with van der Waals surface area (Å²) in [6, 6.07) is 8.85. The van der Waals surface area contributed by atoms with Crippen LogP contribution < -0.4 is 0 Å². The van der Waals surface area contributed by atoms with Crippen molar-refractivity contribution in [2.45, 2.75) is 43.6 Å². The molecule has 1 aromatic rings. The van der Waals surface area contributed by atoms with Crippen LogP contribution in [-0.2, 0) is 21.1 Å². The molecule has 1 N–H and O–H groups in total. The molecular weight excluding hydrogens is 264 g/mol. The van der Waals surface area contributed by atoms with E-state index in [1.807, 2.05) is 13.0 Å². The predicted molar refractivity (Wildman–Crippen MR) is 74.9 cm³/mol. The van der Waals surface area contributed by atoms with E-state index >= 15 is 0 Å². The maximum absolute atomic E-state index is 12.3. The Bertz CT molecular complexity index is 508. The molecule has 0 aliphatic heterocycles. The van der Waals surface area contributed by atoms with Gasteiger partial charge in [-0.1, -0.05) is 43.7 Å². The molecule has 0 aliphatic rings. The first-order chi connectivity index (χ1) is 8.89. The molecule has 0 radical (unpaired) electrons. The second kappa shape index (κ2) is 6.70. The summed E-state index contributed by atoms with van der Waals surface area (Å²) in [6.45, 7) is 3.47. The summed E-state index contributed by atoms with van der Waals surface area (Å²) in [5.41, 5.74) is 0.724. The number of aliphatic carboxylic acids is 1. The number of carboxylic acid groups (broad SMARTS) is 1. The van der Waals surface area contributed by atoms with Crippen LogP contribution in [0, 0.1) is 0 Å². The van der Waals surface area contributed by atoms with E-state index in [1.165, 1.54) is 0 Å². The van der Waals surface area contributed by atoms with E-state index in [1.54, 1.807) is 31.2 Å². The summed E-state index contributed by atoms with van der Waals surface area (Å²) in [7, 11) is -3.66. The molecule has 19 heavy (non-hydrogen) atoms. The molecule has 2 unspecified atom stereocenters. The van der Waals surface area contributed by atoms with Gasteiger partial charge in [-0.2, -0.15) is 0 Å². The van der Waals surface area contributed by atoms with Crippen molar-refractivity contribution in [1.29, 1.82) is 0 Å². The van der Waals surface area contributed by atoms with Gasteiger partial charge in [0.1, 0.15) is 0 Å². The first-order valence-corrected chi connectivity index (χ1v) is 8.00. The standard InChI is InChI=1S/C14H20O4S/c1-3-7-11(2)19(17,18)13(14(15)16)10-12-8-5-4-6-9-12/h4-6,8-9,11,13H,3,7,10H2,1-2H3,(H,15,16). The molecule has 0 aliphatic carbocycles. The summed E-state index contributed by atoms with van der Waals surface area (Å²) < 4.78 is 24.6. The fourth-order valence-electron chi connectivity index (χ4n) is 2.02. The normalized spacial score (nSPS) is 14.8. The lowest BCUT2D eigenvalue weighted by Crippen LogP contribution is -2.38. The van der Waals surface area contributed by atoms with E-state index < -0.39 is 26.3 Å². The van der Waals surface area contributed by atoms with Crippen molar-refractivity contribution in [2.24, 2.45) is 0 Å². The van der Waals surface area contributed by atoms with Crippen LogP contribution in [0.3, 0.4) is 0 Å². The quantitative estimate of drug-likeness (QED) is 0.834. The minimum atomic E-state index is -3.66. The zero-order valence-corrected chi connectivity index (χ0v) is 12.1. The Morgan fingerprint density at radius 3 is 2.32 bits per heavy atom. The van der Waals surface area contributed by atoms with Crippen molar-refractivity contribution in [3.63, 3.8) is 0 Å². The van der Waals surface area contributed by atoms with Gasteiger partial charge in [-0.15, -0.1) is 0 Å². The van der Waals surface area contributed by atoms with Gasteiger partial charge in [0.05, 0.1) is 5.25 Å². The Labute approximate surface area is 114 Å². The second-order valence-corrected chi connectivity index (χ2v) is 7.26. The third-order valence-electron chi connectivity index (χ3n) is 3.19. The molecule has 0 fully saturated rings. The second-order valence-electron chi connectivity index (χ2n) is 4.70. The van der Waals surface area contributed by atoms with Crippen molar-refractivity contribution in [1.82, 2.24) is 0 Å². The number of carbonyl (C=O) groups is 1. The van der Waals surface area contributed by atoms with Gasteiger partial charge in [0.2, 0.25) is 0 Å². The molecule has 0 saturated carbocycles. The molecule has 0 heterocycles. The highest BCUT2D eigenvalue weighted by molar-refractivity contribution is 7.93. The third-order valence-corrected chi connectivity index (χ3v) is 5.71. The monoisotopic (exact) mass is 284 g/mol. The van der Waals surface area contributed by atoms with E-state index in [0.29, 0.717) is 6.42 Å². The van der Waals surface area contributed by atoms with Gasteiger partial charge >= 0.3 is 5.97 Å². The minimum absolute atomic E-state index is 0.0204. The molecule has 2 atom stereocenters. The Kier molecular flexibility index (Phi) is 5.54. The highest BCUT2D eigenvalue weighted by Crippen LogP contribution is 2.18. The summed E-state index contributed by atoms with van der Waals surface area (Å²) >= 11 is 0. The Hall–Kier alpha value is -1.36. The number of sulfone groups is 1. The molecule has 1 aromatic carbocycles. The smallest absolute Gasteiger partial charge is 0.322 e. The van der Waals surface area contributed by atoms with Gasteiger partial charge in [-0.25, -0.2) is 8.42 Å². The number of hydrogen-bond acceptors (Lipinski definition) is 3. The van der Waals surface area contributed by atoms with Gasteiger partial charge in [0, 0.05) is 0 Å². The zero-order valence-electron chi connectivity index (χ0n) is 11.2. The summed E-state index contributed by atoms with van der Waals surface area (Å²) in [4.78, 5) is 11.3. The van der Waals surface area contributed by atoms with Gasteiger partial charge in [0.15, 0.2) is 15.1 Å².